The van der Waals surface area contributed by atoms with Gasteiger partial charge in [0.05, 0.1) is 13.2 Å². The van der Waals surface area contributed by atoms with E-state index < -0.39 is 0 Å². The lowest BCUT2D eigenvalue weighted by atomic mass is 10.0. The highest BCUT2D eigenvalue weighted by atomic mass is 16.5. The molecule has 3 N–H and O–H groups in total. The van der Waals surface area contributed by atoms with Crippen molar-refractivity contribution in [3.05, 3.63) is 0 Å². The van der Waals surface area contributed by atoms with Crippen LogP contribution in [0.2, 0.25) is 0 Å². The molecule has 6 unspecified atom stereocenters. The summed E-state index contributed by atoms with van der Waals surface area (Å²) in [5.41, 5.74) is 6.00. The van der Waals surface area contributed by atoms with Gasteiger partial charge in [-0.1, -0.05) is 0 Å². The summed E-state index contributed by atoms with van der Waals surface area (Å²) in [6, 6.07) is 1.11. The van der Waals surface area contributed by atoms with Crippen molar-refractivity contribution < 1.29 is 4.74 Å². The minimum Gasteiger partial charge on any atom is -0.379 e. The minimum absolute atomic E-state index is 0.266. The second kappa shape index (κ2) is 3.44. The zero-order chi connectivity index (χ0) is 10.7. The van der Waals surface area contributed by atoms with Crippen molar-refractivity contribution >= 4 is 0 Å². The van der Waals surface area contributed by atoms with Crippen LogP contribution in [0.4, 0.5) is 0 Å². The zero-order valence-corrected chi connectivity index (χ0v) is 9.77. The molecule has 3 saturated carbocycles. The van der Waals surface area contributed by atoms with Crippen LogP contribution in [0.3, 0.4) is 0 Å². The number of nitrogens with two attached hydrogens (primary N) is 1. The Morgan fingerprint density at radius 1 is 1.12 bits per heavy atom. The molecule has 1 aliphatic heterocycles. The van der Waals surface area contributed by atoms with Gasteiger partial charge in [-0.3, -0.25) is 0 Å². The molecule has 90 valence electrons. The number of ether oxygens (including phenoxy) is 1. The van der Waals surface area contributed by atoms with Crippen LogP contribution < -0.4 is 11.1 Å². The third-order valence-corrected chi connectivity index (χ3v) is 5.60. The Labute approximate surface area is 97.1 Å². The van der Waals surface area contributed by atoms with Crippen LogP contribution in [0, 0.1) is 29.6 Å². The van der Waals surface area contributed by atoms with E-state index in [9.17, 15) is 0 Å². The fraction of sp³-hybridized carbons (Fsp3) is 1.00. The van der Waals surface area contributed by atoms with E-state index >= 15 is 0 Å². The summed E-state index contributed by atoms with van der Waals surface area (Å²) in [6.07, 6.45) is 4.56. The van der Waals surface area contributed by atoms with Crippen LogP contribution in [0.15, 0.2) is 0 Å². The minimum atomic E-state index is 0.266. The molecular formula is C13H22N2O. The molecule has 1 saturated heterocycles. The lowest BCUT2D eigenvalue weighted by Gasteiger charge is -2.16. The van der Waals surface area contributed by atoms with E-state index in [1.54, 1.807) is 6.42 Å². The Bertz CT molecular complexity index is 280. The summed E-state index contributed by atoms with van der Waals surface area (Å²) in [6.45, 7) is 2.70. The quantitative estimate of drug-likeness (QED) is 0.735. The van der Waals surface area contributed by atoms with Crippen molar-refractivity contribution in [2.75, 3.05) is 19.8 Å². The normalized spacial score (nSPS) is 57.9. The van der Waals surface area contributed by atoms with Gasteiger partial charge in [0.25, 0.3) is 0 Å². The fourth-order valence-corrected chi connectivity index (χ4v) is 4.71. The second-order valence-corrected chi connectivity index (χ2v) is 6.38. The molecule has 0 amide bonds. The van der Waals surface area contributed by atoms with Gasteiger partial charge in [0.15, 0.2) is 0 Å². The first-order valence-corrected chi connectivity index (χ1v) is 6.91. The smallest absolute Gasteiger partial charge is 0.0621 e. The van der Waals surface area contributed by atoms with E-state index in [4.69, 9.17) is 10.5 Å². The summed E-state index contributed by atoms with van der Waals surface area (Å²) in [7, 11) is 0. The maximum Gasteiger partial charge on any atom is 0.0621 e. The number of nitrogens with one attached hydrogen (secondary N) is 1. The van der Waals surface area contributed by atoms with E-state index in [1.165, 1.54) is 12.8 Å². The van der Waals surface area contributed by atoms with Crippen LogP contribution in [0.1, 0.15) is 19.3 Å². The monoisotopic (exact) mass is 222 g/mol. The first-order chi connectivity index (χ1) is 7.84. The molecule has 0 spiro atoms. The van der Waals surface area contributed by atoms with Gasteiger partial charge in [-0.2, -0.15) is 0 Å². The van der Waals surface area contributed by atoms with Gasteiger partial charge in [-0.15, -0.1) is 0 Å². The highest BCUT2D eigenvalue weighted by Gasteiger charge is 2.64. The Morgan fingerprint density at radius 3 is 2.50 bits per heavy atom. The lowest BCUT2D eigenvalue weighted by molar-refractivity contribution is 0.183. The third kappa shape index (κ3) is 1.31. The van der Waals surface area contributed by atoms with E-state index in [0.717, 1.165) is 49.5 Å². The molecule has 0 aromatic rings. The van der Waals surface area contributed by atoms with Crippen LogP contribution in [-0.4, -0.2) is 31.8 Å². The fourth-order valence-electron chi connectivity index (χ4n) is 4.71. The summed E-state index contributed by atoms with van der Waals surface area (Å²) in [5.74, 6) is 4.77. The average molecular weight is 222 g/mol. The van der Waals surface area contributed by atoms with Gasteiger partial charge < -0.3 is 15.8 Å². The molecule has 3 heteroatoms. The number of rotatable bonds is 3. The summed E-state index contributed by atoms with van der Waals surface area (Å²) >= 11 is 0. The Balaban J connectivity index is 1.31. The highest BCUT2D eigenvalue weighted by molar-refractivity contribution is 5.16. The molecule has 2 bridgehead atoms. The largest absolute Gasteiger partial charge is 0.379 e. The van der Waals surface area contributed by atoms with Crippen LogP contribution in [-0.2, 0) is 4.74 Å². The molecule has 4 aliphatic rings. The van der Waals surface area contributed by atoms with Gasteiger partial charge in [0, 0.05) is 24.5 Å². The molecular weight excluding hydrogens is 200 g/mol. The SMILES string of the molecule is NC1COCC1CNC1C2C3CCC(C3)C12. The van der Waals surface area contributed by atoms with Gasteiger partial charge in [-0.05, 0) is 42.9 Å². The summed E-state index contributed by atoms with van der Waals surface area (Å²) < 4.78 is 5.41. The van der Waals surface area contributed by atoms with Gasteiger partial charge in [-0.25, -0.2) is 0 Å². The molecule has 3 aliphatic carbocycles. The van der Waals surface area contributed by atoms with Crippen molar-refractivity contribution in [2.45, 2.75) is 31.3 Å². The predicted octanol–water partition coefficient (Wildman–Crippen LogP) is 0.594. The average Bonchev–Trinajstić information content (AvgIpc) is 2.70. The highest BCUT2D eigenvalue weighted by Crippen LogP contribution is 2.65. The zero-order valence-electron chi connectivity index (χ0n) is 9.77. The summed E-state index contributed by atoms with van der Waals surface area (Å²) in [4.78, 5) is 0. The number of hydrogen-bond acceptors (Lipinski definition) is 3. The predicted molar refractivity (Wildman–Crippen MR) is 61.9 cm³/mol. The maximum atomic E-state index is 6.00. The van der Waals surface area contributed by atoms with Gasteiger partial charge in [0.2, 0.25) is 0 Å². The van der Waals surface area contributed by atoms with Crippen molar-refractivity contribution in [3.8, 4) is 0 Å². The molecule has 0 radical (unpaired) electrons. The van der Waals surface area contributed by atoms with E-state index in [1.807, 2.05) is 0 Å². The number of fused-ring (bicyclic) bond motifs is 5. The van der Waals surface area contributed by atoms with Crippen molar-refractivity contribution in [1.29, 1.82) is 0 Å². The van der Waals surface area contributed by atoms with E-state index in [-0.39, 0.29) is 6.04 Å². The van der Waals surface area contributed by atoms with Gasteiger partial charge >= 0.3 is 0 Å². The van der Waals surface area contributed by atoms with Gasteiger partial charge in [0.1, 0.15) is 0 Å². The van der Waals surface area contributed by atoms with Crippen molar-refractivity contribution in [3.63, 3.8) is 0 Å². The Kier molecular flexibility index (Phi) is 2.12. The molecule has 3 nitrogen and oxygen atoms in total. The molecule has 4 rings (SSSR count). The first kappa shape index (κ1) is 9.86. The van der Waals surface area contributed by atoms with Crippen molar-refractivity contribution in [1.82, 2.24) is 5.32 Å². The third-order valence-electron chi connectivity index (χ3n) is 5.60. The molecule has 16 heavy (non-hydrogen) atoms. The van der Waals surface area contributed by atoms with Crippen LogP contribution in [0.25, 0.3) is 0 Å². The molecule has 4 fully saturated rings. The maximum absolute atomic E-state index is 6.00. The van der Waals surface area contributed by atoms with E-state index in [0.29, 0.717) is 5.92 Å². The molecule has 0 aromatic carbocycles. The first-order valence-electron chi connectivity index (χ1n) is 6.91. The van der Waals surface area contributed by atoms with Crippen LogP contribution in [0.5, 0.6) is 0 Å². The van der Waals surface area contributed by atoms with Crippen molar-refractivity contribution in [2.24, 2.45) is 35.3 Å². The Hall–Kier alpha value is -0.120. The second-order valence-electron chi connectivity index (χ2n) is 6.38. The molecule has 0 aromatic heterocycles. The standard InChI is InChI=1S/C13H22N2O/c14-10-6-16-5-9(10)4-15-13-11-7-1-2-8(3-7)12(11)13/h7-13,15H,1-6,14H2. The summed E-state index contributed by atoms with van der Waals surface area (Å²) in [5, 5.41) is 3.77. The number of hydrogen-bond donors (Lipinski definition) is 2. The molecule has 6 atom stereocenters. The van der Waals surface area contributed by atoms with Crippen LogP contribution >= 0.6 is 0 Å². The lowest BCUT2D eigenvalue weighted by Crippen LogP contribution is -2.38. The Morgan fingerprint density at radius 2 is 1.88 bits per heavy atom. The van der Waals surface area contributed by atoms with E-state index in [2.05, 4.69) is 5.32 Å². The topological polar surface area (TPSA) is 47.3 Å². The molecule has 1 heterocycles.